The van der Waals surface area contributed by atoms with E-state index < -0.39 is 0 Å². The van der Waals surface area contributed by atoms with Crippen LogP contribution in [-0.4, -0.2) is 42.8 Å². The van der Waals surface area contributed by atoms with Crippen molar-refractivity contribution < 1.29 is 4.74 Å². The van der Waals surface area contributed by atoms with Crippen molar-refractivity contribution in [2.75, 3.05) is 13.2 Å². The maximum absolute atomic E-state index is 4.83. The van der Waals surface area contributed by atoms with E-state index >= 15 is 0 Å². The number of unbranched alkanes of at least 4 members (excludes halogenated alkanes) is 9. The van der Waals surface area contributed by atoms with E-state index in [9.17, 15) is 0 Å². The normalized spacial score (nSPS) is 10.1. The van der Waals surface area contributed by atoms with Gasteiger partial charge in [0.25, 0.3) is 0 Å². The second kappa shape index (κ2) is 21.6. The molecule has 2 aromatic rings. The Labute approximate surface area is 209 Å². The zero-order valence-electron chi connectivity index (χ0n) is 19.3. The van der Waals surface area contributed by atoms with E-state index in [0.29, 0.717) is 0 Å². The van der Waals surface area contributed by atoms with E-state index in [1.54, 1.807) is 0 Å². The molecule has 1 nitrogen and oxygen atoms in total. The first-order valence-electron chi connectivity index (χ1n) is 12.0. The van der Waals surface area contributed by atoms with Gasteiger partial charge in [-0.25, -0.2) is 0 Å². The summed E-state index contributed by atoms with van der Waals surface area (Å²) < 4.78 is 4.83. The van der Waals surface area contributed by atoms with Crippen molar-refractivity contribution in [2.45, 2.75) is 91.4 Å². The molecule has 0 saturated carbocycles. The topological polar surface area (TPSA) is 9.23 Å². The molecule has 164 valence electrons. The van der Waals surface area contributed by atoms with Gasteiger partial charge in [-0.3, -0.25) is 0 Å². The Bertz CT molecular complexity index is 595. The maximum atomic E-state index is 4.83. The number of ether oxygens (including phenoxy) is 1. The van der Waals surface area contributed by atoms with Crippen molar-refractivity contribution in [2.24, 2.45) is 0 Å². The van der Waals surface area contributed by atoms with Crippen LogP contribution in [0.2, 0.25) is 0 Å². The number of hydrogen-bond donors (Lipinski definition) is 0. The van der Waals surface area contributed by atoms with Gasteiger partial charge < -0.3 is 4.74 Å². The second-order valence-electron chi connectivity index (χ2n) is 7.74. The van der Waals surface area contributed by atoms with Gasteiger partial charge in [-0.2, -0.15) is 0 Å². The molecule has 2 heteroatoms. The summed E-state index contributed by atoms with van der Waals surface area (Å²) in [6, 6.07) is 19.7. The first-order valence-corrected chi connectivity index (χ1v) is 12.0. The van der Waals surface area contributed by atoms with Gasteiger partial charge in [0.05, 0.1) is 0 Å². The van der Waals surface area contributed by atoms with Gasteiger partial charge >= 0.3 is 29.6 Å². The molecule has 0 radical (unpaired) electrons. The van der Waals surface area contributed by atoms with Gasteiger partial charge in [-0.15, -0.1) is 0 Å². The number of hydrogen-bond acceptors (Lipinski definition) is 1. The molecule has 0 fully saturated rings. The van der Waals surface area contributed by atoms with Gasteiger partial charge in [-0.05, 0) is 43.4 Å². The van der Waals surface area contributed by atoms with Crippen LogP contribution >= 0.6 is 0 Å². The fraction of sp³-hybridized carbons (Fsp3) is 0.571. The van der Waals surface area contributed by atoms with Gasteiger partial charge in [0.15, 0.2) is 0 Å². The molecule has 0 bridgehead atoms. The fourth-order valence-corrected chi connectivity index (χ4v) is 3.64. The third-order valence-corrected chi connectivity index (χ3v) is 5.31. The standard InChI is InChI=1S/C24H34.C4H10O.Na.H/c1-2-3-4-5-6-7-8-9-10-12-17-23-20-15-16-21-24(23)22-18-13-11-14-19-22;1-3-5-4-2;;/h11,13-16,18-21H,2-10,12,17H2,1H3;3-4H2,1-2H3;;. The van der Waals surface area contributed by atoms with Crippen LogP contribution in [0.3, 0.4) is 0 Å². The third-order valence-electron chi connectivity index (χ3n) is 5.31. The Morgan fingerprint density at radius 2 is 1.07 bits per heavy atom. The minimum atomic E-state index is 0. The van der Waals surface area contributed by atoms with Gasteiger partial charge in [-0.1, -0.05) is 119 Å². The monoisotopic (exact) mass is 420 g/mol. The molecule has 0 saturated heterocycles. The molecule has 0 amide bonds. The molecule has 0 aliphatic rings. The second-order valence-corrected chi connectivity index (χ2v) is 7.74. The van der Waals surface area contributed by atoms with E-state index in [1.807, 2.05) is 13.8 Å². The van der Waals surface area contributed by atoms with Crippen LogP contribution in [0.1, 0.15) is 90.5 Å². The Hall–Kier alpha value is -0.600. The average Bonchev–Trinajstić information content (AvgIpc) is 2.77. The minimum absolute atomic E-state index is 0. The predicted octanol–water partition coefficient (Wildman–Crippen LogP) is 8.21. The van der Waals surface area contributed by atoms with E-state index in [4.69, 9.17) is 4.74 Å². The summed E-state index contributed by atoms with van der Waals surface area (Å²) in [5.41, 5.74) is 4.26. The van der Waals surface area contributed by atoms with Crippen LogP contribution in [0, 0.1) is 0 Å². The zero-order chi connectivity index (χ0) is 21.0. The van der Waals surface area contributed by atoms with E-state index in [1.165, 1.54) is 87.3 Å². The molecule has 0 aliphatic carbocycles. The fourth-order valence-electron chi connectivity index (χ4n) is 3.64. The Balaban J connectivity index is 0.00000125. The Kier molecular flexibility index (Phi) is 21.2. The molecule has 0 unspecified atom stereocenters. The molecule has 0 aliphatic heterocycles. The van der Waals surface area contributed by atoms with E-state index in [2.05, 4.69) is 61.5 Å². The average molecular weight is 421 g/mol. The first-order chi connectivity index (χ1) is 14.3. The van der Waals surface area contributed by atoms with Crippen LogP contribution in [0.5, 0.6) is 0 Å². The van der Waals surface area contributed by atoms with Crippen LogP contribution < -0.4 is 0 Å². The third kappa shape index (κ3) is 14.4. The summed E-state index contributed by atoms with van der Waals surface area (Å²) in [5.74, 6) is 0. The van der Waals surface area contributed by atoms with Crippen molar-refractivity contribution in [3.05, 3.63) is 60.2 Å². The van der Waals surface area contributed by atoms with Crippen LogP contribution in [-0.2, 0) is 11.2 Å². The predicted molar refractivity (Wildman–Crippen MR) is 137 cm³/mol. The molecule has 0 aromatic heterocycles. The van der Waals surface area contributed by atoms with Gasteiger partial charge in [0.1, 0.15) is 0 Å². The van der Waals surface area contributed by atoms with Gasteiger partial charge in [0, 0.05) is 13.2 Å². The van der Waals surface area contributed by atoms with Crippen LogP contribution in [0.4, 0.5) is 0 Å². The number of benzene rings is 2. The van der Waals surface area contributed by atoms with Gasteiger partial charge in [0.2, 0.25) is 0 Å². The molecule has 0 heterocycles. The van der Waals surface area contributed by atoms with E-state index in [0.717, 1.165) is 13.2 Å². The summed E-state index contributed by atoms with van der Waals surface area (Å²) in [7, 11) is 0. The van der Waals surface area contributed by atoms with Crippen molar-refractivity contribution in [1.82, 2.24) is 0 Å². The van der Waals surface area contributed by atoms with Crippen molar-refractivity contribution >= 4 is 29.6 Å². The zero-order valence-corrected chi connectivity index (χ0v) is 19.3. The molecular formula is C28H45NaO. The molecule has 2 aromatic carbocycles. The summed E-state index contributed by atoms with van der Waals surface area (Å²) in [4.78, 5) is 0. The molecule has 30 heavy (non-hydrogen) atoms. The Morgan fingerprint density at radius 3 is 1.60 bits per heavy atom. The molecular weight excluding hydrogens is 375 g/mol. The van der Waals surface area contributed by atoms with Crippen molar-refractivity contribution in [3.63, 3.8) is 0 Å². The number of aryl methyl sites for hydroxylation is 1. The van der Waals surface area contributed by atoms with Crippen molar-refractivity contribution in [1.29, 1.82) is 0 Å². The quantitative estimate of drug-likeness (QED) is 0.221. The summed E-state index contributed by atoms with van der Waals surface area (Å²) in [6.45, 7) is 7.95. The van der Waals surface area contributed by atoms with Crippen LogP contribution in [0.25, 0.3) is 11.1 Å². The first kappa shape index (κ1) is 29.4. The SMILES string of the molecule is CCCCCCCCCCCCc1ccccc1-c1ccccc1.CCOCC.[NaH]. The Morgan fingerprint density at radius 1 is 0.567 bits per heavy atom. The van der Waals surface area contributed by atoms with Crippen LogP contribution in [0.15, 0.2) is 54.6 Å². The molecule has 0 atom stereocenters. The molecule has 0 N–H and O–H groups in total. The number of rotatable bonds is 14. The van der Waals surface area contributed by atoms with Crippen molar-refractivity contribution in [3.8, 4) is 11.1 Å². The summed E-state index contributed by atoms with van der Waals surface area (Å²) >= 11 is 0. The van der Waals surface area contributed by atoms with E-state index in [-0.39, 0.29) is 29.6 Å². The summed E-state index contributed by atoms with van der Waals surface area (Å²) in [6.07, 6.45) is 15.3. The molecule has 0 spiro atoms. The molecule has 2 rings (SSSR count). The summed E-state index contributed by atoms with van der Waals surface area (Å²) in [5, 5.41) is 0.